The lowest BCUT2D eigenvalue weighted by Crippen LogP contribution is -2.43. The maximum Gasteiger partial charge on any atom is 0.261 e. The third kappa shape index (κ3) is 4.06. The summed E-state index contributed by atoms with van der Waals surface area (Å²) in [5.74, 6) is 0.0241. The summed E-state index contributed by atoms with van der Waals surface area (Å²) < 4.78 is 24.8. The van der Waals surface area contributed by atoms with E-state index in [2.05, 4.69) is 21.2 Å². The highest BCUT2D eigenvalue weighted by molar-refractivity contribution is 6.30. The second kappa shape index (κ2) is 8.67. The van der Waals surface area contributed by atoms with Crippen molar-refractivity contribution in [2.75, 3.05) is 18.0 Å². The minimum Gasteiger partial charge on any atom is -0.367 e. The lowest BCUT2D eigenvalue weighted by molar-refractivity contribution is -0.0176. The Hall–Kier alpha value is -3.30. The molecule has 1 aliphatic carbocycles. The molecule has 36 heavy (non-hydrogen) atoms. The van der Waals surface area contributed by atoms with Crippen LogP contribution in [0.15, 0.2) is 41.6 Å². The van der Waals surface area contributed by atoms with E-state index in [1.807, 2.05) is 17.8 Å². The third-order valence-corrected chi connectivity index (χ3v) is 7.19. The van der Waals surface area contributed by atoms with Crippen LogP contribution in [0.5, 0.6) is 0 Å². The number of benzene rings is 1. The lowest BCUT2D eigenvalue weighted by Gasteiger charge is -2.37. The molecule has 2 fully saturated rings. The van der Waals surface area contributed by atoms with Crippen LogP contribution in [-0.4, -0.2) is 43.3 Å². The number of aromatic nitrogens is 5. The predicted molar refractivity (Wildman–Crippen MR) is 135 cm³/mol. The number of halogens is 2. The fourth-order valence-electron chi connectivity index (χ4n) is 4.72. The van der Waals surface area contributed by atoms with Crippen LogP contribution < -0.4 is 10.5 Å². The van der Waals surface area contributed by atoms with Crippen LogP contribution >= 0.6 is 11.6 Å². The SMILES string of the molecule is Cc1nc2c(-c3ccc(Cl)cc3F)nc(N3C[C@@H](c4cnn(C5CC5)c4)O[C@@H](C)C3)cn2c(=O)c1C. The predicted octanol–water partition coefficient (Wildman–Crippen LogP) is 4.66. The fourth-order valence-corrected chi connectivity index (χ4v) is 4.88. The molecule has 0 unspecified atom stereocenters. The minimum absolute atomic E-state index is 0.0872. The fraction of sp³-hybridized carbons (Fsp3) is 0.385. The van der Waals surface area contributed by atoms with Gasteiger partial charge in [-0.25, -0.2) is 14.4 Å². The average molecular weight is 509 g/mol. The second-order valence-corrected chi connectivity index (χ2v) is 10.2. The van der Waals surface area contributed by atoms with Crippen molar-refractivity contribution in [3.05, 3.63) is 74.8 Å². The van der Waals surface area contributed by atoms with E-state index in [1.54, 1.807) is 32.2 Å². The van der Waals surface area contributed by atoms with Crippen molar-refractivity contribution in [2.24, 2.45) is 0 Å². The summed E-state index contributed by atoms with van der Waals surface area (Å²) in [7, 11) is 0. The van der Waals surface area contributed by atoms with E-state index in [9.17, 15) is 4.79 Å². The van der Waals surface area contributed by atoms with E-state index in [4.69, 9.17) is 21.3 Å². The first-order valence-corrected chi connectivity index (χ1v) is 12.5. The van der Waals surface area contributed by atoms with E-state index in [0.29, 0.717) is 47.5 Å². The number of hydrogen-bond donors (Lipinski definition) is 0. The molecule has 1 saturated heterocycles. The summed E-state index contributed by atoms with van der Waals surface area (Å²) in [4.78, 5) is 24.8. The van der Waals surface area contributed by atoms with Crippen molar-refractivity contribution in [2.45, 2.75) is 51.9 Å². The van der Waals surface area contributed by atoms with Crippen molar-refractivity contribution in [3.8, 4) is 11.3 Å². The first kappa shape index (κ1) is 23.1. The molecule has 6 rings (SSSR count). The number of aryl methyl sites for hydroxylation is 1. The Labute approximate surface area is 212 Å². The number of anilines is 1. The summed E-state index contributed by atoms with van der Waals surface area (Å²) >= 11 is 6.00. The minimum atomic E-state index is -0.526. The van der Waals surface area contributed by atoms with E-state index in [0.717, 1.165) is 18.4 Å². The molecule has 2 aliphatic rings. The van der Waals surface area contributed by atoms with Crippen LogP contribution in [0.4, 0.5) is 10.2 Å². The highest BCUT2D eigenvalue weighted by atomic mass is 35.5. The maximum absolute atomic E-state index is 15.1. The van der Waals surface area contributed by atoms with E-state index >= 15 is 4.39 Å². The number of hydrogen-bond acceptors (Lipinski definition) is 6. The summed E-state index contributed by atoms with van der Waals surface area (Å²) in [6, 6.07) is 4.91. The Morgan fingerprint density at radius 1 is 1.14 bits per heavy atom. The molecule has 186 valence electrons. The quantitative estimate of drug-likeness (QED) is 0.399. The van der Waals surface area contributed by atoms with Gasteiger partial charge in [0.1, 0.15) is 23.4 Å². The molecule has 0 spiro atoms. The molecular formula is C26H26ClFN6O2. The molecule has 1 aliphatic heterocycles. The molecule has 1 aromatic carbocycles. The zero-order chi connectivity index (χ0) is 25.1. The smallest absolute Gasteiger partial charge is 0.261 e. The largest absolute Gasteiger partial charge is 0.367 e. The topological polar surface area (TPSA) is 77.6 Å². The van der Waals surface area contributed by atoms with Crippen LogP contribution in [0.3, 0.4) is 0 Å². The van der Waals surface area contributed by atoms with E-state index in [1.165, 1.54) is 10.5 Å². The first-order valence-electron chi connectivity index (χ1n) is 12.1. The zero-order valence-electron chi connectivity index (χ0n) is 20.3. The van der Waals surface area contributed by atoms with E-state index < -0.39 is 5.82 Å². The molecule has 4 aromatic rings. The van der Waals surface area contributed by atoms with Gasteiger partial charge in [-0.3, -0.25) is 13.9 Å². The third-order valence-electron chi connectivity index (χ3n) is 6.95. The lowest BCUT2D eigenvalue weighted by atomic mass is 10.1. The molecule has 0 N–H and O–H groups in total. The second-order valence-electron chi connectivity index (χ2n) is 9.72. The Bertz CT molecular complexity index is 1550. The summed E-state index contributed by atoms with van der Waals surface area (Å²) in [5, 5.41) is 4.80. The maximum atomic E-state index is 15.1. The van der Waals surface area contributed by atoms with Crippen LogP contribution in [0.2, 0.25) is 5.02 Å². The molecule has 1 saturated carbocycles. The molecule has 10 heteroatoms. The van der Waals surface area contributed by atoms with Gasteiger partial charge in [0.15, 0.2) is 5.65 Å². The molecule has 0 bridgehead atoms. The molecule has 2 atom stereocenters. The van der Waals surface area contributed by atoms with Crippen molar-refractivity contribution in [3.63, 3.8) is 0 Å². The summed E-state index contributed by atoms with van der Waals surface area (Å²) in [5.41, 5.74) is 2.74. The van der Waals surface area contributed by atoms with Gasteiger partial charge in [0, 0.05) is 40.1 Å². The highest BCUT2D eigenvalue weighted by Gasteiger charge is 2.31. The van der Waals surface area contributed by atoms with Gasteiger partial charge < -0.3 is 9.64 Å². The Balaban J connectivity index is 1.47. The average Bonchev–Trinajstić information content (AvgIpc) is 3.58. The van der Waals surface area contributed by atoms with Gasteiger partial charge in [-0.15, -0.1) is 0 Å². The van der Waals surface area contributed by atoms with Gasteiger partial charge in [-0.05, 0) is 51.8 Å². The molecule has 8 nitrogen and oxygen atoms in total. The molecule has 0 radical (unpaired) electrons. The van der Waals surface area contributed by atoms with Gasteiger partial charge in [-0.1, -0.05) is 11.6 Å². The van der Waals surface area contributed by atoms with Gasteiger partial charge in [0.05, 0.1) is 31.1 Å². The monoisotopic (exact) mass is 508 g/mol. The Morgan fingerprint density at radius 3 is 2.69 bits per heavy atom. The zero-order valence-corrected chi connectivity index (χ0v) is 21.0. The Kier molecular flexibility index (Phi) is 5.57. The number of fused-ring (bicyclic) bond motifs is 1. The first-order chi connectivity index (χ1) is 17.3. The molecule has 0 amide bonds. The van der Waals surface area contributed by atoms with Crippen molar-refractivity contribution < 1.29 is 9.13 Å². The van der Waals surface area contributed by atoms with Crippen LogP contribution in [-0.2, 0) is 4.74 Å². The molecule has 4 heterocycles. The van der Waals surface area contributed by atoms with Crippen LogP contribution in [0, 0.1) is 19.7 Å². The van der Waals surface area contributed by atoms with Crippen molar-refractivity contribution in [1.29, 1.82) is 0 Å². The van der Waals surface area contributed by atoms with Crippen LogP contribution in [0.25, 0.3) is 16.9 Å². The number of ether oxygens (including phenoxy) is 1. The Morgan fingerprint density at radius 2 is 1.94 bits per heavy atom. The van der Waals surface area contributed by atoms with Gasteiger partial charge in [-0.2, -0.15) is 5.10 Å². The molecule has 3 aromatic heterocycles. The van der Waals surface area contributed by atoms with Gasteiger partial charge >= 0.3 is 0 Å². The summed E-state index contributed by atoms with van der Waals surface area (Å²) in [6.45, 7) is 6.61. The standard InChI is InChI=1S/C26H26ClFN6O2/c1-14-10-32(12-22(36-14)17-9-29-34(11-17)19-5-6-19)23-13-33-25(30-16(3)15(2)26(33)35)24(31-23)20-7-4-18(27)8-21(20)28/h4,7-9,11,13-14,19,22H,5-6,10,12H2,1-3H3/t14-,22-/m0/s1. The number of nitrogens with zero attached hydrogens (tertiary/aromatic N) is 6. The van der Waals surface area contributed by atoms with E-state index in [-0.39, 0.29) is 28.4 Å². The number of morpholine rings is 1. The van der Waals surface area contributed by atoms with Crippen molar-refractivity contribution >= 4 is 23.1 Å². The molecular weight excluding hydrogens is 483 g/mol. The van der Waals surface area contributed by atoms with Gasteiger partial charge in [0.2, 0.25) is 0 Å². The normalized spacial score (nSPS) is 20.3. The van der Waals surface area contributed by atoms with Crippen LogP contribution in [0.1, 0.15) is 48.7 Å². The van der Waals surface area contributed by atoms with Crippen molar-refractivity contribution in [1.82, 2.24) is 24.1 Å². The summed E-state index contributed by atoms with van der Waals surface area (Å²) in [6.07, 6.45) is 7.63. The number of rotatable bonds is 4. The highest BCUT2D eigenvalue weighted by Crippen LogP contribution is 2.36. The van der Waals surface area contributed by atoms with Gasteiger partial charge in [0.25, 0.3) is 5.56 Å².